The lowest BCUT2D eigenvalue weighted by molar-refractivity contribution is 0.452. The van der Waals surface area contributed by atoms with Gasteiger partial charge in [-0.25, -0.2) is 9.18 Å². The molecule has 0 N–H and O–H groups in total. The lowest BCUT2D eigenvalue weighted by Gasteiger charge is -2.25. The van der Waals surface area contributed by atoms with Crippen LogP contribution in [0.25, 0.3) is 0 Å². The van der Waals surface area contributed by atoms with Gasteiger partial charge in [0.2, 0.25) is 6.08 Å². The Hall–Kier alpha value is -0.990. The van der Waals surface area contributed by atoms with Crippen LogP contribution < -0.4 is 0 Å². The van der Waals surface area contributed by atoms with Gasteiger partial charge in [-0.1, -0.05) is 12.8 Å². The first-order valence-corrected chi connectivity index (χ1v) is 6.43. The second-order valence-electron chi connectivity index (χ2n) is 4.52. The fourth-order valence-corrected chi connectivity index (χ4v) is 2.98. The van der Waals surface area contributed by atoms with Crippen molar-refractivity contribution >= 4 is 22.0 Å². The van der Waals surface area contributed by atoms with Crippen molar-refractivity contribution in [3.63, 3.8) is 0 Å². The Labute approximate surface area is 108 Å². The van der Waals surface area contributed by atoms with E-state index in [0.29, 0.717) is 4.47 Å². The standard InChI is InChI=1S/C13H13BrFNO/c1-9-6-12(15)11(14)7-10(9)13(16-8-17)4-2-3-5-13/h6-7H,2-5H2,1H3. The van der Waals surface area contributed by atoms with Gasteiger partial charge in [0.15, 0.2) is 0 Å². The lowest BCUT2D eigenvalue weighted by Crippen LogP contribution is -2.20. The molecule has 1 aromatic carbocycles. The fraction of sp³-hybridized carbons (Fsp3) is 0.462. The van der Waals surface area contributed by atoms with Gasteiger partial charge in [-0.3, -0.25) is 0 Å². The Kier molecular flexibility index (Phi) is 3.45. The van der Waals surface area contributed by atoms with Crippen molar-refractivity contribution in [2.45, 2.75) is 38.1 Å². The zero-order valence-corrected chi connectivity index (χ0v) is 11.2. The summed E-state index contributed by atoms with van der Waals surface area (Å²) in [6, 6.07) is 3.23. The average Bonchev–Trinajstić information content (AvgIpc) is 2.73. The highest BCUT2D eigenvalue weighted by Gasteiger charge is 2.37. The smallest absolute Gasteiger partial charge is 0.211 e. The van der Waals surface area contributed by atoms with Crippen molar-refractivity contribution in [2.75, 3.05) is 0 Å². The molecule has 0 bridgehead atoms. The Morgan fingerprint density at radius 2 is 2.06 bits per heavy atom. The molecule has 1 fully saturated rings. The van der Waals surface area contributed by atoms with Gasteiger partial charge in [-0.05, 0) is 59.0 Å². The van der Waals surface area contributed by atoms with Gasteiger partial charge in [0.05, 0.1) is 10.0 Å². The molecule has 4 heteroatoms. The number of rotatable bonds is 2. The van der Waals surface area contributed by atoms with Crippen LogP contribution in [0.2, 0.25) is 0 Å². The molecular formula is C13H13BrFNO. The number of nitrogens with zero attached hydrogens (tertiary/aromatic N) is 1. The molecule has 1 aromatic rings. The van der Waals surface area contributed by atoms with E-state index in [2.05, 4.69) is 20.9 Å². The molecule has 0 heterocycles. The van der Waals surface area contributed by atoms with Crippen molar-refractivity contribution in [1.29, 1.82) is 0 Å². The molecular weight excluding hydrogens is 285 g/mol. The number of aliphatic imine (C=N–C) groups is 1. The predicted octanol–water partition coefficient (Wildman–Crippen LogP) is 4.00. The van der Waals surface area contributed by atoms with Gasteiger partial charge in [0.25, 0.3) is 0 Å². The summed E-state index contributed by atoms with van der Waals surface area (Å²) in [6.45, 7) is 1.85. The number of hydrogen-bond acceptors (Lipinski definition) is 2. The Morgan fingerprint density at radius 1 is 1.41 bits per heavy atom. The zero-order valence-electron chi connectivity index (χ0n) is 9.59. The highest BCUT2D eigenvalue weighted by molar-refractivity contribution is 9.10. The van der Waals surface area contributed by atoms with E-state index >= 15 is 0 Å². The summed E-state index contributed by atoms with van der Waals surface area (Å²) < 4.78 is 13.8. The SMILES string of the molecule is Cc1cc(F)c(Br)cc1C1(N=C=O)CCCC1. The Bertz CT molecular complexity index is 488. The molecule has 2 rings (SSSR count). The minimum Gasteiger partial charge on any atom is -0.211 e. The normalized spacial score (nSPS) is 17.8. The topological polar surface area (TPSA) is 29.4 Å². The highest BCUT2D eigenvalue weighted by Crippen LogP contribution is 2.44. The summed E-state index contributed by atoms with van der Waals surface area (Å²) in [4.78, 5) is 14.6. The highest BCUT2D eigenvalue weighted by atomic mass is 79.9. The third-order valence-electron chi connectivity index (χ3n) is 3.46. The van der Waals surface area contributed by atoms with E-state index < -0.39 is 5.54 Å². The van der Waals surface area contributed by atoms with Crippen molar-refractivity contribution in [1.82, 2.24) is 0 Å². The van der Waals surface area contributed by atoms with E-state index in [4.69, 9.17) is 0 Å². The molecule has 90 valence electrons. The number of benzene rings is 1. The fourth-order valence-electron chi connectivity index (χ4n) is 2.64. The van der Waals surface area contributed by atoms with Gasteiger partial charge in [-0.2, -0.15) is 4.99 Å². The van der Waals surface area contributed by atoms with Crippen molar-refractivity contribution in [3.8, 4) is 0 Å². The van der Waals surface area contributed by atoms with Gasteiger partial charge in [0, 0.05) is 0 Å². The number of carbonyl (C=O) groups excluding carboxylic acids is 1. The molecule has 1 aliphatic carbocycles. The zero-order chi connectivity index (χ0) is 12.5. The van der Waals surface area contributed by atoms with Crippen LogP contribution in [0.3, 0.4) is 0 Å². The largest absolute Gasteiger partial charge is 0.235 e. The molecule has 0 atom stereocenters. The van der Waals surface area contributed by atoms with Crippen LogP contribution in [-0.4, -0.2) is 6.08 Å². The van der Waals surface area contributed by atoms with Crippen LogP contribution in [0.15, 0.2) is 21.6 Å². The summed E-state index contributed by atoms with van der Waals surface area (Å²) in [5.41, 5.74) is 1.29. The van der Waals surface area contributed by atoms with Gasteiger partial charge in [-0.15, -0.1) is 0 Å². The van der Waals surface area contributed by atoms with Gasteiger partial charge >= 0.3 is 0 Å². The number of hydrogen-bond donors (Lipinski definition) is 0. The summed E-state index contributed by atoms with van der Waals surface area (Å²) in [5.74, 6) is -0.283. The minimum atomic E-state index is -0.484. The molecule has 0 radical (unpaired) electrons. The van der Waals surface area contributed by atoms with Crippen LogP contribution in [0.5, 0.6) is 0 Å². The van der Waals surface area contributed by atoms with Crippen molar-refractivity contribution in [3.05, 3.63) is 33.5 Å². The van der Waals surface area contributed by atoms with E-state index in [0.717, 1.165) is 36.8 Å². The maximum absolute atomic E-state index is 13.4. The first-order valence-electron chi connectivity index (χ1n) is 5.64. The third kappa shape index (κ3) is 2.20. The quantitative estimate of drug-likeness (QED) is 0.599. The molecule has 0 saturated heterocycles. The average molecular weight is 298 g/mol. The molecule has 1 saturated carbocycles. The predicted molar refractivity (Wildman–Crippen MR) is 67.1 cm³/mol. The number of aryl methyl sites for hydroxylation is 1. The molecule has 1 aliphatic rings. The van der Waals surface area contributed by atoms with E-state index in [1.54, 1.807) is 12.1 Å². The summed E-state index contributed by atoms with van der Waals surface area (Å²) >= 11 is 3.19. The molecule has 0 aromatic heterocycles. The molecule has 17 heavy (non-hydrogen) atoms. The Morgan fingerprint density at radius 3 is 2.65 bits per heavy atom. The van der Waals surface area contributed by atoms with E-state index in [1.807, 2.05) is 6.92 Å². The second-order valence-corrected chi connectivity index (χ2v) is 5.38. The number of isocyanates is 1. The maximum atomic E-state index is 13.4. The molecule has 2 nitrogen and oxygen atoms in total. The monoisotopic (exact) mass is 297 g/mol. The summed E-state index contributed by atoms with van der Waals surface area (Å²) in [7, 11) is 0. The van der Waals surface area contributed by atoms with E-state index in [-0.39, 0.29) is 5.82 Å². The molecule has 0 amide bonds. The summed E-state index contributed by atoms with van der Waals surface area (Å²) in [6.07, 6.45) is 5.43. The molecule has 0 spiro atoms. The van der Waals surface area contributed by atoms with Gasteiger partial charge in [0.1, 0.15) is 5.82 Å². The second kappa shape index (κ2) is 4.71. The van der Waals surface area contributed by atoms with Crippen LogP contribution >= 0.6 is 15.9 Å². The Balaban J connectivity index is 2.57. The molecule has 0 aliphatic heterocycles. The minimum absolute atomic E-state index is 0.283. The lowest BCUT2D eigenvalue weighted by atomic mass is 9.86. The first kappa shape index (κ1) is 12.5. The molecule has 0 unspecified atom stereocenters. The third-order valence-corrected chi connectivity index (χ3v) is 4.07. The van der Waals surface area contributed by atoms with Crippen LogP contribution in [0.4, 0.5) is 4.39 Å². The van der Waals surface area contributed by atoms with Crippen molar-refractivity contribution in [2.24, 2.45) is 4.99 Å². The number of halogens is 2. The van der Waals surface area contributed by atoms with Crippen LogP contribution in [0, 0.1) is 12.7 Å². The van der Waals surface area contributed by atoms with Gasteiger partial charge < -0.3 is 0 Å². The van der Waals surface area contributed by atoms with E-state index in [9.17, 15) is 9.18 Å². The van der Waals surface area contributed by atoms with Crippen LogP contribution in [-0.2, 0) is 10.3 Å². The van der Waals surface area contributed by atoms with Crippen molar-refractivity contribution < 1.29 is 9.18 Å². The maximum Gasteiger partial charge on any atom is 0.235 e. The van der Waals surface area contributed by atoms with E-state index in [1.165, 1.54) is 6.07 Å². The first-order chi connectivity index (χ1) is 8.09. The van der Waals surface area contributed by atoms with Crippen LogP contribution in [0.1, 0.15) is 36.8 Å². The summed E-state index contributed by atoms with van der Waals surface area (Å²) in [5, 5.41) is 0.